The highest BCUT2D eigenvalue weighted by atomic mass is 19.3. The Morgan fingerprint density at radius 2 is 1.05 bits per heavy atom. The Labute approximate surface area is 466 Å². The van der Waals surface area contributed by atoms with E-state index in [1.807, 2.05) is 21.9 Å². The summed E-state index contributed by atoms with van der Waals surface area (Å²) in [5, 5.41) is 17.0. The molecule has 6 heterocycles. The standard InChI is InChI=1S/C32H41F3N6O3.C26H26F3N7O/c1-21(23-11-10-12-24(30(23)33)31(34)35)37-32-25-19-27(36-20-26(25)38-22(2)39-32)40-15-17-41(18-16-40)28(42)13-8-6-4-5-7-9-14-29(43)44-3;1-15(17-4-3-5-18(22(17)27)23(28)29)32-24-19-12-21(31-13-20(19)33-16(2)34-24)35-8-10-36(11-9-35)25(37)26(14-30)6-7-26/h10-12,19-21,31H,4-9,13-18H2,1-3H3,(H,37,38,39);3-5,12-13,15,23H,6-11H2,1-2H3,(H,32,33,34)/t21-;15-/m11/s1. The van der Waals surface area contributed by atoms with Crippen molar-refractivity contribution < 1.29 is 45.5 Å². The van der Waals surface area contributed by atoms with Crippen molar-refractivity contribution in [2.75, 3.05) is 79.9 Å². The number of unbranched alkanes of at least 4 members (excludes halogenated alkanes) is 5. The Balaban J connectivity index is 0.000000215. The van der Waals surface area contributed by atoms with Gasteiger partial charge in [-0.05, 0) is 65.5 Å². The number of halogens is 6. The molecule has 2 N–H and O–H groups in total. The van der Waals surface area contributed by atoms with Crippen LogP contribution in [0, 0.1) is 42.2 Å². The first-order valence-electron chi connectivity index (χ1n) is 27.4. The Kier molecular flexibility index (Phi) is 19.4. The molecule has 81 heavy (non-hydrogen) atoms. The second-order valence-electron chi connectivity index (χ2n) is 20.7. The number of benzene rings is 2. The summed E-state index contributed by atoms with van der Waals surface area (Å²) in [6.07, 6.45) is 5.49. The zero-order valence-electron chi connectivity index (χ0n) is 46.1. The lowest BCUT2D eigenvalue weighted by Gasteiger charge is -2.36. The van der Waals surface area contributed by atoms with Gasteiger partial charge in [0.25, 0.3) is 12.9 Å². The van der Waals surface area contributed by atoms with E-state index in [2.05, 4.69) is 56.2 Å². The van der Waals surface area contributed by atoms with Crippen molar-refractivity contribution in [3.05, 3.63) is 106 Å². The average molecular weight is 1120 g/mol. The molecule has 17 nitrogen and oxygen atoms in total. The highest BCUT2D eigenvalue weighted by Gasteiger charge is 2.52. The SMILES string of the molecule is COC(=O)CCCCCCCCC(=O)N1CCN(c2cc3c(N[C@H](C)c4cccc(C(F)F)c4F)nc(C)nc3cn2)CC1.Cc1nc(N[C@H](C)c2cccc(C(F)F)c2F)c2cc(N3CCN(C(=O)C4(C#N)CC4)CC3)ncc2n1. The first kappa shape index (κ1) is 59.2. The Morgan fingerprint density at radius 3 is 1.47 bits per heavy atom. The number of methoxy groups -OCH3 is 1. The molecule has 2 aromatic carbocycles. The third-order valence-corrected chi connectivity index (χ3v) is 15.1. The van der Waals surface area contributed by atoms with Gasteiger partial charge in [0, 0.05) is 87.1 Å². The van der Waals surface area contributed by atoms with Gasteiger partial charge in [0.2, 0.25) is 11.8 Å². The van der Waals surface area contributed by atoms with Crippen LogP contribution in [0.4, 0.5) is 49.6 Å². The van der Waals surface area contributed by atoms with E-state index < -0.39 is 53.1 Å². The van der Waals surface area contributed by atoms with E-state index in [0.29, 0.717) is 135 Å². The van der Waals surface area contributed by atoms with Gasteiger partial charge in [-0.1, -0.05) is 62.1 Å². The second-order valence-corrected chi connectivity index (χ2v) is 20.7. The number of pyridine rings is 2. The number of nitrogens with zero attached hydrogens (tertiary/aromatic N) is 11. The smallest absolute Gasteiger partial charge is 0.305 e. The van der Waals surface area contributed by atoms with Crippen LogP contribution in [-0.2, 0) is 19.1 Å². The number of anilines is 4. The molecule has 0 bridgehead atoms. The van der Waals surface area contributed by atoms with Crippen molar-refractivity contribution in [1.82, 2.24) is 39.7 Å². The van der Waals surface area contributed by atoms with E-state index in [0.717, 1.165) is 50.7 Å². The number of aryl methyl sites for hydroxylation is 2. The maximum absolute atomic E-state index is 14.8. The molecular formula is C58H67F6N13O4. The molecule has 3 aliphatic rings. The molecule has 9 rings (SSSR count). The summed E-state index contributed by atoms with van der Waals surface area (Å²) < 4.78 is 87.2. The monoisotopic (exact) mass is 1120 g/mol. The predicted octanol–water partition coefficient (Wildman–Crippen LogP) is 11.1. The summed E-state index contributed by atoms with van der Waals surface area (Å²) in [5.74, 6) is 1.31. The summed E-state index contributed by atoms with van der Waals surface area (Å²) in [4.78, 5) is 71.5. The van der Waals surface area contributed by atoms with Gasteiger partial charge in [0.05, 0.1) is 59.8 Å². The van der Waals surface area contributed by atoms with Gasteiger partial charge in [-0.2, -0.15) is 5.26 Å². The molecule has 0 radical (unpaired) electrons. The number of carbonyl (C=O) groups is 3. The number of fused-ring (bicyclic) bond motifs is 2. The molecule has 2 amide bonds. The first-order valence-corrected chi connectivity index (χ1v) is 27.4. The third kappa shape index (κ3) is 14.4. The quantitative estimate of drug-likeness (QED) is 0.0415. The lowest BCUT2D eigenvalue weighted by Crippen LogP contribution is -2.51. The number of hydrogen-bond acceptors (Lipinski definition) is 15. The van der Waals surface area contributed by atoms with Crippen LogP contribution in [0.3, 0.4) is 0 Å². The predicted molar refractivity (Wildman–Crippen MR) is 295 cm³/mol. The average Bonchev–Trinajstić information content (AvgIpc) is 4.41. The maximum Gasteiger partial charge on any atom is 0.305 e. The largest absolute Gasteiger partial charge is 0.469 e. The third-order valence-electron chi connectivity index (χ3n) is 15.1. The number of amides is 2. The lowest BCUT2D eigenvalue weighted by molar-refractivity contribution is -0.140. The minimum absolute atomic E-state index is 0.0892. The molecule has 0 spiro atoms. The molecule has 3 fully saturated rings. The van der Waals surface area contributed by atoms with Gasteiger partial charge < -0.3 is 35.0 Å². The van der Waals surface area contributed by atoms with E-state index in [1.165, 1.54) is 31.4 Å². The molecule has 2 saturated heterocycles. The van der Waals surface area contributed by atoms with Crippen molar-refractivity contribution in [3.8, 4) is 6.07 Å². The van der Waals surface area contributed by atoms with E-state index in [9.17, 15) is 46.0 Å². The number of alkyl halides is 4. The van der Waals surface area contributed by atoms with Gasteiger partial charge in [-0.25, -0.2) is 56.2 Å². The Morgan fingerprint density at radius 1 is 0.630 bits per heavy atom. The van der Waals surface area contributed by atoms with Crippen LogP contribution in [0.5, 0.6) is 0 Å². The number of nitrogens with one attached hydrogen (secondary N) is 2. The van der Waals surface area contributed by atoms with Crippen LogP contribution < -0.4 is 20.4 Å². The summed E-state index contributed by atoms with van der Waals surface area (Å²) in [6, 6.07) is 12.6. The second kappa shape index (κ2) is 26.6. The topological polar surface area (TPSA) is 199 Å². The van der Waals surface area contributed by atoms with Crippen LogP contribution in [-0.4, -0.2) is 117 Å². The number of nitriles is 1. The zero-order chi connectivity index (χ0) is 58.0. The van der Waals surface area contributed by atoms with Gasteiger partial charge in [0.1, 0.15) is 52.0 Å². The molecule has 23 heteroatoms. The first-order chi connectivity index (χ1) is 38.9. The maximum atomic E-state index is 14.8. The summed E-state index contributed by atoms with van der Waals surface area (Å²) >= 11 is 0. The van der Waals surface area contributed by atoms with Gasteiger partial charge >= 0.3 is 5.97 Å². The number of ether oxygens (including phenoxy) is 1. The van der Waals surface area contributed by atoms with Crippen molar-refractivity contribution in [2.24, 2.45) is 5.41 Å². The van der Waals surface area contributed by atoms with Crippen LogP contribution in [0.25, 0.3) is 21.8 Å². The molecule has 4 aromatic heterocycles. The summed E-state index contributed by atoms with van der Waals surface area (Å²) in [7, 11) is 1.40. The van der Waals surface area contributed by atoms with Crippen LogP contribution in [0.1, 0.15) is 137 Å². The van der Waals surface area contributed by atoms with Crippen LogP contribution in [0.15, 0.2) is 60.9 Å². The minimum atomic E-state index is -2.91. The molecule has 1 aliphatic carbocycles. The zero-order valence-corrected chi connectivity index (χ0v) is 46.1. The van der Waals surface area contributed by atoms with Crippen LogP contribution >= 0.6 is 0 Å². The normalized spacial score (nSPS) is 15.8. The number of carbonyl (C=O) groups excluding carboxylic acids is 3. The highest BCUT2D eigenvalue weighted by molar-refractivity contribution is 5.92. The summed E-state index contributed by atoms with van der Waals surface area (Å²) in [6.45, 7) is 11.4. The fraction of sp³-hybridized carbons (Fsp3) is 0.483. The molecular weight excluding hydrogens is 1060 g/mol. The molecule has 0 unspecified atom stereocenters. The van der Waals surface area contributed by atoms with Crippen LogP contribution in [0.2, 0.25) is 0 Å². The van der Waals surface area contributed by atoms with Crippen molar-refractivity contribution in [3.63, 3.8) is 0 Å². The van der Waals surface area contributed by atoms with Gasteiger partial charge in [-0.3, -0.25) is 14.4 Å². The number of piperazine rings is 2. The number of hydrogen-bond donors (Lipinski definition) is 2. The lowest BCUT2D eigenvalue weighted by atomic mass is 10.0. The van der Waals surface area contributed by atoms with E-state index in [1.54, 1.807) is 45.0 Å². The van der Waals surface area contributed by atoms with E-state index in [4.69, 9.17) is 0 Å². The van der Waals surface area contributed by atoms with Gasteiger partial charge in [-0.15, -0.1) is 0 Å². The van der Waals surface area contributed by atoms with Crippen molar-refractivity contribution in [2.45, 2.75) is 117 Å². The molecule has 6 aromatic rings. The van der Waals surface area contributed by atoms with E-state index in [-0.39, 0.29) is 28.9 Å². The van der Waals surface area contributed by atoms with Crippen molar-refractivity contribution >= 4 is 62.9 Å². The fourth-order valence-corrected chi connectivity index (χ4v) is 10.2. The molecule has 430 valence electrons. The fourth-order valence-electron chi connectivity index (χ4n) is 10.2. The Hall–Kier alpha value is -7.90. The van der Waals surface area contributed by atoms with E-state index >= 15 is 0 Å². The summed E-state index contributed by atoms with van der Waals surface area (Å²) in [5.41, 5.74) is -0.666. The number of aromatic nitrogens is 6. The minimum Gasteiger partial charge on any atom is -0.469 e. The number of rotatable bonds is 20. The Bertz CT molecular complexity index is 3260. The molecule has 1 saturated carbocycles. The van der Waals surface area contributed by atoms with Crippen molar-refractivity contribution in [1.29, 1.82) is 5.26 Å². The highest BCUT2D eigenvalue weighted by Crippen LogP contribution is 2.46. The number of esters is 1. The van der Waals surface area contributed by atoms with Gasteiger partial charge in [0.15, 0.2) is 0 Å². The molecule has 2 atom stereocenters. The molecule has 2 aliphatic heterocycles.